The molecule has 1 fully saturated rings. The van der Waals surface area contributed by atoms with Gasteiger partial charge in [-0.15, -0.1) is 0 Å². The second-order valence-corrected chi connectivity index (χ2v) is 8.71. The zero-order valence-electron chi connectivity index (χ0n) is 19.3. The molecule has 0 saturated carbocycles. The van der Waals surface area contributed by atoms with Gasteiger partial charge in [0.2, 0.25) is 0 Å². The smallest absolute Gasteiger partial charge is 0.391 e. The normalized spacial score (nSPS) is 15.7. The monoisotopic (exact) mass is 501 g/mol. The first-order chi connectivity index (χ1) is 17.0. The number of alkyl halides is 3. The zero-order chi connectivity index (χ0) is 26.0. The summed E-state index contributed by atoms with van der Waals surface area (Å²) < 4.78 is 52.3. The molecule has 0 spiro atoms. The standard InChI is InChI=1S/C26H23F4N3O3/c1-15-2-5-23(31-12-15)17-9-18(11-19(10-17)25(36)33-7-6-20(34)14-33)24(35)32-13-16-3-4-21(22(27)8-16)26(28,29)30/h2-5,8-12,20,34H,6-7,13-14H2,1H3,(H,32,35)/t20-/m1/s1. The van der Waals surface area contributed by atoms with E-state index in [9.17, 15) is 32.3 Å². The SMILES string of the molecule is Cc1ccc(-c2cc(C(=O)NCc3ccc(C(F)(F)F)c(F)c3)cc(C(=O)N3CC[C@@H](O)C3)c2)nc1. The molecular weight excluding hydrogens is 478 g/mol. The highest BCUT2D eigenvalue weighted by atomic mass is 19.4. The number of benzene rings is 2. The predicted octanol–water partition coefficient (Wildman–Crippen LogP) is 4.35. The summed E-state index contributed by atoms with van der Waals surface area (Å²) in [5, 5.41) is 12.4. The molecule has 3 aromatic rings. The predicted molar refractivity (Wildman–Crippen MR) is 124 cm³/mol. The number of rotatable bonds is 5. The number of likely N-dealkylation sites (tertiary alicyclic amines) is 1. The van der Waals surface area contributed by atoms with Crippen LogP contribution >= 0.6 is 0 Å². The van der Waals surface area contributed by atoms with Gasteiger partial charge in [0, 0.05) is 42.5 Å². The number of aryl methyl sites for hydroxylation is 1. The van der Waals surface area contributed by atoms with Gasteiger partial charge >= 0.3 is 6.18 Å². The molecule has 6 nitrogen and oxygen atoms in total. The van der Waals surface area contributed by atoms with E-state index in [1.54, 1.807) is 24.4 Å². The molecule has 1 aliphatic rings. The lowest BCUT2D eigenvalue weighted by Gasteiger charge is -2.17. The van der Waals surface area contributed by atoms with Crippen LogP contribution in [0.15, 0.2) is 54.7 Å². The summed E-state index contributed by atoms with van der Waals surface area (Å²) >= 11 is 0. The molecule has 2 aromatic carbocycles. The maximum absolute atomic E-state index is 13.9. The number of hydrogen-bond donors (Lipinski definition) is 2. The Balaban J connectivity index is 1.60. The van der Waals surface area contributed by atoms with Gasteiger partial charge in [0.05, 0.1) is 17.4 Å². The lowest BCUT2D eigenvalue weighted by Crippen LogP contribution is -2.30. The first-order valence-corrected chi connectivity index (χ1v) is 11.2. The molecule has 4 rings (SSSR count). The molecule has 2 N–H and O–H groups in total. The van der Waals surface area contributed by atoms with Gasteiger partial charge in [-0.2, -0.15) is 13.2 Å². The van der Waals surface area contributed by atoms with Gasteiger partial charge in [0.1, 0.15) is 5.82 Å². The van der Waals surface area contributed by atoms with E-state index in [4.69, 9.17) is 0 Å². The number of amides is 2. The fourth-order valence-electron chi connectivity index (χ4n) is 3.96. The molecule has 36 heavy (non-hydrogen) atoms. The summed E-state index contributed by atoms with van der Waals surface area (Å²) in [6.07, 6.45) is -3.31. The molecule has 1 atom stereocenters. The molecule has 0 aliphatic carbocycles. The van der Waals surface area contributed by atoms with E-state index < -0.39 is 29.6 Å². The molecular formula is C26H23F4N3O3. The number of aliphatic hydroxyl groups is 1. The molecule has 1 aliphatic heterocycles. The number of nitrogens with one attached hydrogen (secondary N) is 1. The number of aromatic nitrogens is 1. The number of β-amino-alcohol motifs (C(OH)–C–C–N with tert-alkyl or cyclic N) is 1. The highest BCUT2D eigenvalue weighted by molar-refractivity contribution is 6.01. The van der Waals surface area contributed by atoms with Crippen LogP contribution in [0.1, 0.15) is 43.8 Å². The van der Waals surface area contributed by atoms with Crippen LogP contribution in [0, 0.1) is 12.7 Å². The molecule has 0 radical (unpaired) electrons. The third-order valence-electron chi connectivity index (χ3n) is 5.89. The third-order valence-corrected chi connectivity index (χ3v) is 5.89. The second-order valence-electron chi connectivity index (χ2n) is 8.71. The van der Waals surface area contributed by atoms with Gasteiger partial charge in [-0.05, 0) is 60.9 Å². The summed E-state index contributed by atoms with van der Waals surface area (Å²) in [6.45, 7) is 2.22. The minimum Gasteiger partial charge on any atom is -0.391 e. The number of halogens is 4. The van der Waals surface area contributed by atoms with E-state index in [-0.39, 0.29) is 35.7 Å². The molecule has 1 aromatic heterocycles. The zero-order valence-corrected chi connectivity index (χ0v) is 19.3. The van der Waals surface area contributed by atoms with Crippen molar-refractivity contribution in [3.05, 3.63) is 88.4 Å². The van der Waals surface area contributed by atoms with Crippen LogP contribution in [0.4, 0.5) is 17.6 Å². The van der Waals surface area contributed by atoms with Crippen LogP contribution in [0.2, 0.25) is 0 Å². The fraction of sp³-hybridized carbons (Fsp3) is 0.269. The topological polar surface area (TPSA) is 82.5 Å². The van der Waals surface area contributed by atoms with Crippen molar-refractivity contribution in [1.82, 2.24) is 15.2 Å². The van der Waals surface area contributed by atoms with Gasteiger partial charge in [-0.1, -0.05) is 12.1 Å². The van der Waals surface area contributed by atoms with Crippen molar-refractivity contribution in [2.24, 2.45) is 0 Å². The molecule has 2 amide bonds. The Morgan fingerprint density at radius 2 is 1.86 bits per heavy atom. The van der Waals surface area contributed by atoms with Crippen molar-refractivity contribution in [2.45, 2.75) is 32.2 Å². The maximum atomic E-state index is 13.9. The number of hydrogen-bond acceptors (Lipinski definition) is 4. The Morgan fingerprint density at radius 3 is 2.47 bits per heavy atom. The number of nitrogens with zero attached hydrogens (tertiary/aromatic N) is 2. The van der Waals surface area contributed by atoms with E-state index in [2.05, 4.69) is 10.3 Å². The second kappa shape index (κ2) is 10.1. The van der Waals surface area contributed by atoms with Crippen LogP contribution in [0.3, 0.4) is 0 Å². The van der Waals surface area contributed by atoms with E-state index in [1.165, 1.54) is 11.0 Å². The first kappa shape index (κ1) is 25.3. The van der Waals surface area contributed by atoms with Gasteiger partial charge in [-0.25, -0.2) is 4.39 Å². The number of carbonyl (C=O) groups excluding carboxylic acids is 2. The van der Waals surface area contributed by atoms with Gasteiger partial charge < -0.3 is 15.3 Å². The van der Waals surface area contributed by atoms with Crippen LogP contribution in [0.25, 0.3) is 11.3 Å². The van der Waals surface area contributed by atoms with Gasteiger partial charge in [0.15, 0.2) is 0 Å². The number of carbonyl (C=O) groups is 2. The minimum absolute atomic E-state index is 0.130. The quantitative estimate of drug-likeness (QED) is 0.510. The third kappa shape index (κ3) is 5.71. The Hall–Kier alpha value is -3.79. The molecule has 10 heteroatoms. The lowest BCUT2D eigenvalue weighted by molar-refractivity contribution is -0.140. The summed E-state index contributed by atoms with van der Waals surface area (Å²) in [6, 6.07) is 10.6. The highest BCUT2D eigenvalue weighted by Gasteiger charge is 2.34. The molecule has 0 bridgehead atoms. The van der Waals surface area contributed by atoms with Crippen molar-refractivity contribution in [3.8, 4) is 11.3 Å². The Morgan fingerprint density at radius 1 is 1.11 bits per heavy atom. The maximum Gasteiger partial charge on any atom is 0.419 e. The van der Waals surface area contributed by atoms with Crippen molar-refractivity contribution < 1.29 is 32.3 Å². The van der Waals surface area contributed by atoms with Crippen LogP contribution < -0.4 is 5.32 Å². The van der Waals surface area contributed by atoms with Gasteiger partial charge in [0.25, 0.3) is 11.8 Å². The van der Waals surface area contributed by atoms with Crippen molar-refractivity contribution in [1.29, 1.82) is 0 Å². The fourth-order valence-corrected chi connectivity index (χ4v) is 3.96. The molecule has 1 saturated heterocycles. The van der Waals surface area contributed by atoms with E-state index in [0.29, 0.717) is 30.3 Å². The summed E-state index contributed by atoms with van der Waals surface area (Å²) in [4.78, 5) is 31.9. The first-order valence-electron chi connectivity index (χ1n) is 11.2. The summed E-state index contributed by atoms with van der Waals surface area (Å²) in [7, 11) is 0. The van der Waals surface area contributed by atoms with Crippen LogP contribution in [0.5, 0.6) is 0 Å². The summed E-state index contributed by atoms with van der Waals surface area (Å²) in [5.41, 5.74) is 1.11. The molecule has 2 heterocycles. The Bertz CT molecular complexity index is 1290. The Labute approximate surface area is 204 Å². The number of pyridine rings is 1. The highest BCUT2D eigenvalue weighted by Crippen LogP contribution is 2.31. The molecule has 188 valence electrons. The number of aliphatic hydroxyl groups excluding tert-OH is 1. The lowest BCUT2D eigenvalue weighted by atomic mass is 10.0. The average Bonchev–Trinajstić information content (AvgIpc) is 3.27. The van der Waals surface area contributed by atoms with E-state index in [0.717, 1.165) is 17.7 Å². The van der Waals surface area contributed by atoms with Crippen LogP contribution in [-0.2, 0) is 12.7 Å². The summed E-state index contributed by atoms with van der Waals surface area (Å²) in [5.74, 6) is -2.37. The van der Waals surface area contributed by atoms with E-state index in [1.807, 2.05) is 13.0 Å². The minimum atomic E-state index is -4.81. The molecule has 0 unspecified atom stereocenters. The van der Waals surface area contributed by atoms with Crippen LogP contribution in [-0.4, -0.2) is 46.0 Å². The largest absolute Gasteiger partial charge is 0.419 e. The van der Waals surface area contributed by atoms with Crippen molar-refractivity contribution in [3.63, 3.8) is 0 Å². The van der Waals surface area contributed by atoms with E-state index >= 15 is 0 Å². The Kier molecular flexibility index (Phi) is 7.07. The van der Waals surface area contributed by atoms with Crippen molar-refractivity contribution in [2.75, 3.05) is 13.1 Å². The van der Waals surface area contributed by atoms with Gasteiger partial charge in [-0.3, -0.25) is 14.6 Å². The van der Waals surface area contributed by atoms with Crippen molar-refractivity contribution >= 4 is 11.8 Å². The average molecular weight is 501 g/mol.